The van der Waals surface area contributed by atoms with Crippen molar-refractivity contribution in [2.75, 3.05) is 13.1 Å². The number of para-hydroxylation sites is 1. The molecule has 1 atom stereocenters. The Morgan fingerprint density at radius 2 is 1.88 bits per heavy atom. The van der Waals surface area contributed by atoms with Crippen molar-refractivity contribution >= 4 is 22.7 Å². The van der Waals surface area contributed by atoms with Gasteiger partial charge in [-0.15, -0.1) is 0 Å². The minimum Gasteiger partial charge on any atom is -0.508 e. The molecule has 3 heteroatoms. The van der Waals surface area contributed by atoms with Gasteiger partial charge in [-0.3, -0.25) is 4.90 Å². The molecule has 1 N–H and O–H groups in total. The van der Waals surface area contributed by atoms with Crippen molar-refractivity contribution in [3.8, 4) is 5.75 Å². The number of phenols is 1. The molecule has 3 nitrogen and oxygen atoms in total. The number of aromatic nitrogens is 1. The smallest absolute Gasteiger partial charge is 0.115 e. The molecule has 0 saturated carbocycles. The molecule has 3 aromatic rings. The van der Waals surface area contributed by atoms with Crippen LogP contribution < -0.4 is 0 Å². The number of aromatic hydroxyl groups is 1. The number of allylic oxidation sites excluding steroid dienone is 1. The quantitative estimate of drug-likeness (QED) is 0.704. The van der Waals surface area contributed by atoms with Crippen molar-refractivity contribution in [2.45, 2.75) is 32.2 Å². The minimum atomic E-state index is 0.312. The zero-order valence-corrected chi connectivity index (χ0v) is 15.2. The van der Waals surface area contributed by atoms with Crippen molar-refractivity contribution in [3.63, 3.8) is 0 Å². The second-order valence-electron chi connectivity index (χ2n) is 7.55. The van der Waals surface area contributed by atoms with Gasteiger partial charge in [0.15, 0.2) is 0 Å². The summed E-state index contributed by atoms with van der Waals surface area (Å²) in [5, 5.41) is 11.0. The molecule has 2 aromatic carbocycles. The van der Waals surface area contributed by atoms with Crippen LogP contribution in [0.5, 0.6) is 5.75 Å². The van der Waals surface area contributed by atoms with Crippen molar-refractivity contribution in [1.82, 2.24) is 9.47 Å². The van der Waals surface area contributed by atoms with E-state index in [1.165, 1.54) is 48.1 Å². The maximum Gasteiger partial charge on any atom is 0.115 e. The second-order valence-corrected chi connectivity index (χ2v) is 7.55. The van der Waals surface area contributed by atoms with Crippen LogP contribution in [-0.2, 0) is 6.42 Å². The second kappa shape index (κ2) is 6.03. The molecule has 1 unspecified atom stereocenters. The number of phenolic OH excluding ortho intramolecular Hbond substituents is 1. The Kier molecular flexibility index (Phi) is 3.64. The predicted molar refractivity (Wildman–Crippen MR) is 107 cm³/mol. The van der Waals surface area contributed by atoms with Gasteiger partial charge in [0, 0.05) is 36.3 Å². The van der Waals surface area contributed by atoms with Gasteiger partial charge >= 0.3 is 0 Å². The lowest BCUT2D eigenvalue weighted by atomic mass is 9.96. The van der Waals surface area contributed by atoms with Gasteiger partial charge in [-0.1, -0.05) is 30.3 Å². The van der Waals surface area contributed by atoms with Gasteiger partial charge in [0.1, 0.15) is 5.75 Å². The van der Waals surface area contributed by atoms with E-state index in [4.69, 9.17) is 0 Å². The lowest BCUT2D eigenvalue weighted by molar-refractivity contribution is 0.243. The molecular formula is C23H24N2O. The lowest BCUT2D eigenvalue weighted by Gasteiger charge is -2.30. The summed E-state index contributed by atoms with van der Waals surface area (Å²) in [6, 6.07) is 16.9. The summed E-state index contributed by atoms with van der Waals surface area (Å²) in [5.41, 5.74) is 6.70. The number of fused-ring (bicyclic) bond motifs is 5. The van der Waals surface area contributed by atoms with Crippen molar-refractivity contribution in [2.24, 2.45) is 0 Å². The fraction of sp³-hybridized carbons (Fsp3) is 0.304. The molecule has 3 heterocycles. The molecule has 0 spiro atoms. The monoisotopic (exact) mass is 344 g/mol. The topological polar surface area (TPSA) is 28.4 Å². The SMILES string of the molecule is C/C(=C\n1c2c(c3ccccc31)C1CCCN1CC2)c1ccc(O)cc1. The van der Waals surface area contributed by atoms with E-state index < -0.39 is 0 Å². The fourth-order valence-electron chi connectivity index (χ4n) is 4.78. The lowest BCUT2D eigenvalue weighted by Crippen LogP contribution is -2.31. The molecule has 1 saturated heterocycles. The van der Waals surface area contributed by atoms with Gasteiger partial charge in [-0.2, -0.15) is 0 Å². The zero-order chi connectivity index (χ0) is 17.7. The summed E-state index contributed by atoms with van der Waals surface area (Å²) < 4.78 is 2.42. The zero-order valence-electron chi connectivity index (χ0n) is 15.2. The number of hydrogen-bond donors (Lipinski definition) is 1. The highest BCUT2D eigenvalue weighted by molar-refractivity contribution is 5.90. The molecule has 5 rings (SSSR count). The van der Waals surface area contributed by atoms with Gasteiger partial charge < -0.3 is 9.67 Å². The molecule has 26 heavy (non-hydrogen) atoms. The highest BCUT2D eigenvalue weighted by Crippen LogP contribution is 2.43. The third-order valence-corrected chi connectivity index (χ3v) is 6.03. The Bertz CT molecular complexity index is 997. The van der Waals surface area contributed by atoms with Crippen LogP contribution >= 0.6 is 0 Å². The van der Waals surface area contributed by atoms with Crippen LogP contribution in [0, 0.1) is 0 Å². The minimum absolute atomic E-state index is 0.312. The van der Waals surface area contributed by atoms with Gasteiger partial charge in [0.2, 0.25) is 0 Å². The van der Waals surface area contributed by atoms with Crippen LogP contribution in [-0.4, -0.2) is 27.7 Å². The van der Waals surface area contributed by atoms with Crippen molar-refractivity contribution in [1.29, 1.82) is 0 Å². The highest BCUT2D eigenvalue weighted by Gasteiger charge is 2.34. The number of rotatable bonds is 2. The summed E-state index contributed by atoms with van der Waals surface area (Å²) in [6.45, 7) is 4.56. The third-order valence-electron chi connectivity index (χ3n) is 6.03. The van der Waals surface area contributed by atoms with Gasteiger partial charge in [-0.05, 0) is 61.2 Å². The molecule has 2 aliphatic rings. The van der Waals surface area contributed by atoms with Crippen LogP contribution in [0.2, 0.25) is 0 Å². The molecule has 2 aliphatic heterocycles. The van der Waals surface area contributed by atoms with E-state index in [0.717, 1.165) is 12.0 Å². The maximum atomic E-state index is 9.55. The van der Waals surface area contributed by atoms with E-state index in [2.05, 4.69) is 46.9 Å². The van der Waals surface area contributed by atoms with Gasteiger partial charge in [-0.25, -0.2) is 0 Å². The maximum absolute atomic E-state index is 9.55. The molecular weight excluding hydrogens is 320 g/mol. The number of benzene rings is 2. The summed E-state index contributed by atoms with van der Waals surface area (Å²) in [5.74, 6) is 0.312. The molecule has 132 valence electrons. The summed E-state index contributed by atoms with van der Waals surface area (Å²) in [4.78, 5) is 2.66. The predicted octanol–water partition coefficient (Wildman–Crippen LogP) is 5.06. The average Bonchev–Trinajstić information content (AvgIpc) is 3.25. The summed E-state index contributed by atoms with van der Waals surface area (Å²) in [7, 11) is 0. The average molecular weight is 344 g/mol. The Balaban J connectivity index is 1.69. The molecule has 0 radical (unpaired) electrons. The van der Waals surface area contributed by atoms with Crippen LogP contribution in [0.1, 0.15) is 42.6 Å². The first kappa shape index (κ1) is 15.7. The van der Waals surface area contributed by atoms with E-state index >= 15 is 0 Å². The Hall–Kier alpha value is -2.52. The van der Waals surface area contributed by atoms with E-state index in [1.807, 2.05) is 12.1 Å². The first-order chi connectivity index (χ1) is 12.7. The molecule has 1 aromatic heterocycles. The standard InChI is InChI=1S/C23H24N2O/c1-16(17-8-10-18(26)11-9-17)15-25-20-6-3-2-5-19(20)23-21-7-4-13-24(21)14-12-22(23)25/h2-3,5-6,8-11,15,21,26H,4,7,12-14H2,1H3/b16-15+. The van der Waals surface area contributed by atoms with Crippen molar-refractivity contribution in [3.05, 3.63) is 65.4 Å². The molecule has 0 amide bonds. The normalized spacial score (nSPS) is 20.3. The van der Waals surface area contributed by atoms with Gasteiger partial charge in [0.05, 0.1) is 5.52 Å². The highest BCUT2D eigenvalue weighted by atomic mass is 16.3. The Labute approximate surface area is 154 Å². The number of hydrogen-bond acceptors (Lipinski definition) is 2. The third kappa shape index (κ3) is 2.38. The van der Waals surface area contributed by atoms with Crippen molar-refractivity contribution < 1.29 is 5.11 Å². The largest absolute Gasteiger partial charge is 0.508 e. The van der Waals surface area contributed by atoms with E-state index in [0.29, 0.717) is 11.8 Å². The van der Waals surface area contributed by atoms with Crippen LogP contribution in [0.25, 0.3) is 22.7 Å². The first-order valence-electron chi connectivity index (χ1n) is 9.56. The van der Waals surface area contributed by atoms with Crippen LogP contribution in [0.3, 0.4) is 0 Å². The molecule has 1 fully saturated rings. The van der Waals surface area contributed by atoms with Gasteiger partial charge in [0.25, 0.3) is 0 Å². The molecule has 0 aliphatic carbocycles. The Morgan fingerprint density at radius 3 is 2.73 bits per heavy atom. The van der Waals surface area contributed by atoms with Crippen LogP contribution in [0.4, 0.5) is 0 Å². The Morgan fingerprint density at radius 1 is 1.08 bits per heavy atom. The fourth-order valence-corrected chi connectivity index (χ4v) is 4.78. The number of nitrogens with zero attached hydrogens (tertiary/aromatic N) is 2. The first-order valence-corrected chi connectivity index (χ1v) is 9.56. The summed E-state index contributed by atoms with van der Waals surface area (Å²) >= 11 is 0. The summed E-state index contributed by atoms with van der Waals surface area (Å²) in [6.07, 6.45) is 5.98. The van der Waals surface area contributed by atoms with E-state index in [-0.39, 0.29) is 0 Å². The van der Waals surface area contributed by atoms with E-state index in [1.54, 1.807) is 17.7 Å². The van der Waals surface area contributed by atoms with Crippen LogP contribution in [0.15, 0.2) is 48.5 Å². The van der Waals surface area contributed by atoms with E-state index in [9.17, 15) is 5.11 Å². The molecule has 0 bridgehead atoms.